The van der Waals surface area contributed by atoms with Gasteiger partial charge in [0.15, 0.2) is 6.04 Å². The number of hydrogen-bond acceptors (Lipinski definition) is 9. The Hall–Kier alpha value is -2.42. The maximum atomic E-state index is 12.2. The second-order valence-corrected chi connectivity index (χ2v) is 6.12. The summed E-state index contributed by atoms with van der Waals surface area (Å²) in [5.41, 5.74) is 5.42. The summed E-state index contributed by atoms with van der Waals surface area (Å²) in [6.45, 7) is 0.204. The van der Waals surface area contributed by atoms with Crippen LogP contribution in [0.25, 0.3) is 0 Å². The summed E-state index contributed by atoms with van der Waals surface area (Å²) in [5.74, 6) is -6.24. The Kier molecular flexibility index (Phi) is 11.1. The predicted octanol–water partition coefficient (Wildman–Crippen LogP) is -4.37. The van der Waals surface area contributed by atoms with Crippen LogP contribution in [0.2, 0.25) is 0 Å². The van der Waals surface area contributed by atoms with Gasteiger partial charge >= 0.3 is 11.9 Å². The van der Waals surface area contributed by atoms with Crippen molar-refractivity contribution in [3.63, 3.8) is 0 Å². The van der Waals surface area contributed by atoms with Crippen molar-refractivity contribution in [1.29, 1.82) is 0 Å². The van der Waals surface area contributed by atoms with Crippen molar-refractivity contribution >= 4 is 42.3 Å². The highest BCUT2D eigenvalue weighted by atomic mass is 32.1. The van der Waals surface area contributed by atoms with Gasteiger partial charge in [-0.05, 0) is 6.92 Å². The first kappa shape index (κ1) is 25.6. The number of rotatable bonds is 12. The molecule has 5 unspecified atom stereocenters. The molecule has 0 fully saturated rings. The fourth-order valence-corrected chi connectivity index (χ4v) is 2.02. The standard InChI is InChI=1S/C14H24N4O9S/c1-5(20)10(14(26)27)18-12(24)7(2-9(21)22)16-13(25)8(3-19)17-11(23)6(15)4-28/h5-8,10,19-20,28H,2-4,15H2,1H3,(H,16,25)(H,17,23)(H,18,24)(H,21,22)(H,26,27). The number of amides is 3. The van der Waals surface area contributed by atoms with Crippen molar-refractivity contribution in [2.24, 2.45) is 5.73 Å². The van der Waals surface area contributed by atoms with E-state index in [4.69, 9.17) is 15.9 Å². The van der Waals surface area contributed by atoms with Crippen molar-refractivity contribution in [3.05, 3.63) is 0 Å². The SMILES string of the molecule is CC(O)C(NC(=O)C(CC(=O)O)NC(=O)C(CO)NC(=O)C(N)CS)C(=O)O. The first-order valence-corrected chi connectivity index (χ1v) is 8.58. The number of carboxylic acids is 2. The van der Waals surface area contributed by atoms with Crippen LogP contribution in [0.4, 0.5) is 0 Å². The van der Waals surface area contributed by atoms with Gasteiger partial charge in [-0.15, -0.1) is 0 Å². The summed E-state index contributed by atoms with van der Waals surface area (Å²) in [5, 5.41) is 42.5. The largest absolute Gasteiger partial charge is 0.481 e. The van der Waals surface area contributed by atoms with E-state index in [9.17, 15) is 34.2 Å². The van der Waals surface area contributed by atoms with Crippen molar-refractivity contribution in [2.45, 2.75) is 43.6 Å². The van der Waals surface area contributed by atoms with E-state index in [-0.39, 0.29) is 5.75 Å². The average molecular weight is 424 g/mol. The molecule has 0 aromatic heterocycles. The van der Waals surface area contributed by atoms with Gasteiger partial charge in [-0.1, -0.05) is 0 Å². The molecule has 0 bridgehead atoms. The van der Waals surface area contributed by atoms with Gasteiger partial charge in [0.1, 0.15) is 12.1 Å². The zero-order chi connectivity index (χ0) is 22.0. The Morgan fingerprint density at radius 3 is 1.86 bits per heavy atom. The monoisotopic (exact) mass is 424 g/mol. The van der Waals surface area contributed by atoms with Crippen LogP contribution in [-0.4, -0.2) is 92.7 Å². The molecule has 3 amide bonds. The number of carbonyl (C=O) groups excluding carboxylic acids is 3. The fourth-order valence-electron chi connectivity index (χ4n) is 1.85. The molecular formula is C14H24N4O9S. The molecule has 0 saturated heterocycles. The molecule has 0 radical (unpaired) electrons. The van der Waals surface area contributed by atoms with Gasteiger partial charge in [-0.2, -0.15) is 12.6 Å². The maximum Gasteiger partial charge on any atom is 0.328 e. The van der Waals surface area contributed by atoms with E-state index < -0.39 is 73.0 Å². The van der Waals surface area contributed by atoms with Crippen molar-refractivity contribution in [3.8, 4) is 0 Å². The maximum absolute atomic E-state index is 12.2. The zero-order valence-corrected chi connectivity index (χ0v) is 15.8. The smallest absolute Gasteiger partial charge is 0.328 e. The molecule has 0 aliphatic carbocycles. The van der Waals surface area contributed by atoms with Crippen LogP contribution in [0.3, 0.4) is 0 Å². The summed E-state index contributed by atoms with van der Waals surface area (Å²) < 4.78 is 0. The Bertz CT molecular complexity index is 601. The van der Waals surface area contributed by atoms with Crippen LogP contribution in [0.1, 0.15) is 13.3 Å². The number of aliphatic hydroxyl groups excluding tert-OH is 2. The summed E-state index contributed by atoms with van der Waals surface area (Å²) >= 11 is 3.81. The molecule has 0 aromatic carbocycles. The van der Waals surface area contributed by atoms with Crippen molar-refractivity contribution in [2.75, 3.05) is 12.4 Å². The van der Waals surface area contributed by atoms with E-state index in [0.29, 0.717) is 0 Å². The van der Waals surface area contributed by atoms with Crippen LogP contribution in [0.15, 0.2) is 0 Å². The van der Waals surface area contributed by atoms with Crippen LogP contribution in [-0.2, 0) is 24.0 Å². The van der Waals surface area contributed by atoms with Gasteiger partial charge in [0.25, 0.3) is 0 Å². The molecule has 0 aliphatic rings. The minimum atomic E-state index is -1.75. The van der Waals surface area contributed by atoms with Crippen LogP contribution in [0.5, 0.6) is 0 Å². The van der Waals surface area contributed by atoms with Gasteiger partial charge in [0.2, 0.25) is 17.7 Å². The lowest BCUT2D eigenvalue weighted by molar-refractivity contribution is -0.146. The first-order chi connectivity index (χ1) is 12.9. The predicted molar refractivity (Wildman–Crippen MR) is 96.3 cm³/mol. The normalized spacial score (nSPS) is 16.0. The Labute approximate surface area is 165 Å². The first-order valence-electron chi connectivity index (χ1n) is 7.95. The third-order valence-corrected chi connectivity index (χ3v) is 3.80. The summed E-state index contributed by atoms with van der Waals surface area (Å²) in [4.78, 5) is 58.0. The molecule has 0 rings (SSSR count). The fraction of sp³-hybridized carbons (Fsp3) is 0.643. The van der Waals surface area contributed by atoms with Gasteiger partial charge in [-0.25, -0.2) is 4.79 Å². The minimum Gasteiger partial charge on any atom is -0.481 e. The van der Waals surface area contributed by atoms with E-state index in [0.717, 1.165) is 6.92 Å². The molecule has 160 valence electrons. The third kappa shape index (κ3) is 8.51. The lowest BCUT2D eigenvalue weighted by atomic mass is 10.1. The minimum absolute atomic E-state index is 0.0500. The topological polar surface area (TPSA) is 228 Å². The zero-order valence-electron chi connectivity index (χ0n) is 14.9. The quantitative estimate of drug-likeness (QED) is 0.137. The molecular weight excluding hydrogens is 400 g/mol. The molecule has 5 atom stereocenters. The third-order valence-electron chi connectivity index (χ3n) is 3.41. The lowest BCUT2D eigenvalue weighted by Crippen LogP contribution is -2.59. The highest BCUT2D eigenvalue weighted by molar-refractivity contribution is 7.80. The number of nitrogens with one attached hydrogen (secondary N) is 3. The molecule has 13 nitrogen and oxygen atoms in total. The number of aliphatic carboxylic acids is 2. The van der Waals surface area contributed by atoms with Gasteiger partial charge in [0, 0.05) is 5.75 Å². The Morgan fingerprint density at radius 2 is 1.46 bits per heavy atom. The van der Waals surface area contributed by atoms with Gasteiger partial charge < -0.3 is 42.1 Å². The summed E-state index contributed by atoms with van der Waals surface area (Å²) in [7, 11) is 0. The van der Waals surface area contributed by atoms with Crippen LogP contribution in [0, 0.1) is 0 Å². The molecule has 0 aromatic rings. The van der Waals surface area contributed by atoms with Crippen molar-refractivity contribution in [1.82, 2.24) is 16.0 Å². The highest BCUT2D eigenvalue weighted by Gasteiger charge is 2.32. The van der Waals surface area contributed by atoms with Crippen LogP contribution < -0.4 is 21.7 Å². The van der Waals surface area contributed by atoms with E-state index in [2.05, 4.69) is 17.9 Å². The Balaban J connectivity index is 5.26. The molecule has 0 saturated carbocycles. The van der Waals surface area contributed by atoms with E-state index in [1.54, 1.807) is 0 Å². The van der Waals surface area contributed by atoms with Crippen LogP contribution >= 0.6 is 12.6 Å². The average Bonchev–Trinajstić information content (AvgIpc) is 2.61. The number of nitrogens with two attached hydrogens (primary N) is 1. The molecule has 9 N–H and O–H groups in total. The Morgan fingerprint density at radius 1 is 0.964 bits per heavy atom. The molecule has 0 heterocycles. The van der Waals surface area contributed by atoms with Crippen molar-refractivity contribution < 1.29 is 44.4 Å². The van der Waals surface area contributed by atoms with E-state index >= 15 is 0 Å². The number of hydrogen-bond donors (Lipinski definition) is 9. The number of carbonyl (C=O) groups is 5. The lowest BCUT2D eigenvalue weighted by Gasteiger charge is -2.24. The van der Waals surface area contributed by atoms with Gasteiger partial charge in [0.05, 0.1) is 25.2 Å². The summed E-state index contributed by atoms with van der Waals surface area (Å²) in [6, 6.07) is -6.11. The number of aliphatic hydroxyl groups is 2. The molecule has 0 spiro atoms. The molecule has 14 heteroatoms. The summed E-state index contributed by atoms with van der Waals surface area (Å²) in [6.07, 6.45) is -2.43. The second kappa shape index (κ2) is 12.1. The molecule has 28 heavy (non-hydrogen) atoms. The second-order valence-electron chi connectivity index (χ2n) is 5.76. The molecule has 0 aliphatic heterocycles. The van der Waals surface area contributed by atoms with Gasteiger partial charge in [-0.3, -0.25) is 19.2 Å². The van der Waals surface area contributed by atoms with E-state index in [1.165, 1.54) is 0 Å². The highest BCUT2D eigenvalue weighted by Crippen LogP contribution is 2.00. The number of carboxylic acid groups (broad SMARTS) is 2. The van der Waals surface area contributed by atoms with E-state index in [1.807, 2.05) is 10.6 Å². The number of thiol groups is 1.